The Morgan fingerprint density at radius 1 is 0.833 bits per heavy atom. The molecule has 4 aliphatic rings. The van der Waals surface area contributed by atoms with Gasteiger partial charge in [-0.3, -0.25) is 9.69 Å². The molecule has 0 aromatic heterocycles. The lowest BCUT2D eigenvalue weighted by Crippen LogP contribution is -2.24. The zero-order valence-corrected chi connectivity index (χ0v) is 13.7. The van der Waals surface area contributed by atoms with Crippen molar-refractivity contribution in [3.8, 4) is 0 Å². The van der Waals surface area contributed by atoms with E-state index in [1.807, 2.05) is 17.0 Å². The van der Waals surface area contributed by atoms with Gasteiger partial charge >= 0.3 is 0 Å². The zero-order chi connectivity index (χ0) is 16.3. The van der Waals surface area contributed by atoms with Gasteiger partial charge in [-0.2, -0.15) is 0 Å². The van der Waals surface area contributed by atoms with Crippen LogP contribution in [0.5, 0.6) is 0 Å². The Morgan fingerprint density at radius 2 is 1.29 bits per heavy atom. The van der Waals surface area contributed by atoms with Gasteiger partial charge in [-0.15, -0.1) is 0 Å². The van der Waals surface area contributed by atoms with Gasteiger partial charge in [-0.25, -0.2) is 0 Å². The van der Waals surface area contributed by atoms with Crippen molar-refractivity contribution in [1.29, 1.82) is 0 Å². The quantitative estimate of drug-likeness (QED) is 0.613. The number of allylic oxidation sites excluding steroid dienone is 4. The minimum absolute atomic E-state index is 0.0649. The molecule has 24 heavy (non-hydrogen) atoms. The average Bonchev–Trinajstić information content (AvgIpc) is 2.76. The average molecular weight is 313 g/mol. The van der Waals surface area contributed by atoms with E-state index < -0.39 is 0 Å². The van der Waals surface area contributed by atoms with Crippen molar-refractivity contribution in [2.75, 3.05) is 4.90 Å². The number of carbonyl (C=O) groups is 1. The Balaban J connectivity index is 1.92. The summed E-state index contributed by atoms with van der Waals surface area (Å²) in [6.07, 6.45) is 7.15. The normalized spacial score (nSPS) is 23.5. The number of amides is 1. The van der Waals surface area contributed by atoms with Crippen LogP contribution in [0.15, 0.2) is 60.7 Å². The molecular weight excluding hydrogens is 294 g/mol. The van der Waals surface area contributed by atoms with Crippen LogP contribution in [0.1, 0.15) is 30.9 Å². The molecule has 0 spiro atoms. The summed E-state index contributed by atoms with van der Waals surface area (Å²) >= 11 is 0. The number of fused-ring (bicyclic) bond motifs is 3. The number of carbonyl (C=O) groups excluding carboxylic acids is 1. The van der Waals surface area contributed by atoms with E-state index in [0.717, 1.165) is 11.4 Å². The SMILES string of the molecule is CC(=O)N1c2ccccc2C2=C(c3ccccc31)C1C=CC2CC1. The molecule has 2 aromatic rings. The molecule has 0 fully saturated rings. The Morgan fingerprint density at radius 3 is 1.71 bits per heavy atom. The molecular formula is C22H19NO. The molecule has 1 amide bonds. The van der Waals surface area contributed by atoms with Crippen LogP contribution in [-0.2, 0) is 4.79 Å². The summed E-state index contributed by atoms with van der Waals surface area (Å²) in [5, 5.41) is 0. The van der Waals surface area contributed by atoms with Gasteiger partial charge in [0.05, 0.1) is 11.4 Å². The van der Waals surface area contributed by atoms with Gasteiger partial charge in [0.1, 0.15) is 0 Å². The van der Waals surface area contributed by atoms with Crippen LogP contribution in [0.3, 0.4) is 0 Å². The van der Waals surface area contributed by atoms with E-state index in [4.69, 9.17) is 0 Å². The summed E-state index contributed by atoms with van der Waals surface area (Å²) in [4.78, 5) is 14.4. The van der Waals surface area contributed by atoms with E-state index in [0.29, 0.717) is 11.8 Å². The van der Waals surface area contributed by atoms with Crippen molar-refractivity contribution < 1.29 is 4.79 Å². The fraction of sp³-hybridized carbons (Fsp3) is 0.227. The summed E-state index contributed by atoms with van der Waals surface area (Å²) in [6, 6.07) is 16.8. The molecule has 3 aliphatic carbocycles. The summed E-state index contributed by atoms with van der Waals surface area (Å²) in [6.45, 7) is 1.66. The van der Waals surface area contributed by atoms with Gasteiger partial charge in [0.25, 0.3) is 0 Å². The topological polar surface area (TPSA) is 20.3 Å². The van der Waals surface area contributed by atoms with Gasteiger partial charge < -0.3 is 0 Å². The molecule has 6 rings (SSSR count). The first kappa shape index (κ1) is 13.8. The van der Waals surface area contributed by atoms with Crippen molar-refractivity contribution in [3.63, 3.8) is 0 Å². The number of rotatable bonds is 0. The minimum Gasteiger partial charge on any atom is -0.280 e. The standard InChI is InChI=1S/C22H19NO/c1-14(24)23-19-8-4-2-6-17(19)21-15-10-12-16(13-11-15)22(21)18-7-3-5-9-20(18)23/h2-10,12,15-16H,11,13H2,1H3. The van der Waals surface area contributed by atoms with Crippen LogP contribution in [0.2, 0.25) is 0 Å². The first-order valence-electron chi connectivity index (χ1n) is 8.67. The van der Waals surface area contributed by atoms with Crippen LogP contribution in [0.25, 0.3) is 11.1 Å². The van der Waals surface area contributed by atoms with E-state index in [9.17, 15) is 4.79 Å². The summed E-state index contributed by atoms with van der Waals surface area (Å²) in [5.74, 6) is 0.993. The predicted molar refractivity (Wildman–Crippen MR) is 97.9 cm³/mol. The maximum absolute atomic E-state index is 12.6. The lowest BCUT2D eigenvalue weighted by atomic mass is 9.68. The van der Waals surface area contributed by atoms with E-state index in [2.05, 4.69) is 48.6 Å². The number of anilines is 2. The third-order valence-corrected chi connectivity index (χ3v) is 5.58. The van der Waals surface area contributed by atoms with Crippen molar-refractivity contribution in [2.24, 2.45) is 11.8 Å². The highest BCUT2D eigenvalue weighted by Crippen LogP contribution is 2.55. The first-order valence-corrected chi connectivity index (χ1v) is 8.67. The lowest BCUT2D eigenvalue weighted by Gasteiger charge is -2.36. The van der Waals surface area contributed by atoms with Gasteiger partial charge in [-0.1, -0.05) is 48.6 Å². The van der Waals surface area contributed by atoms with Gasteiger partial charge in [0, 0.05) is 29.9 Å². The molecule has 2 aromatic carbocycles. The molecule has 2 atom stereocenters. The molecule has 0 radical (unpaired) electrons. The highest BCUT2D eigenvalue weighted by Gasteiger charge is 2.38. The summed E-state index contributed by atoms with van der Waals surface area (Å²) in [7, 11) is 0. The molecule has 2 unspecified atom stereocenters. The van der Waals surface area contributed by atoms with E-state index in [1.165, 1.54) is 35.1 Å². The van der Waals surface area contributed by atoms with Crippen LogP contribution >= 0.6 is 0 Å². The second-order valence-electron chi connectivity index (χ2n) is 6.89. The van der Waals surface area contributed by atoms with Crippen LogP contribution in [0.4, 0.5) is 11.4 Å². The minimum atomic E-state index is 0.0649. The Hall–Kier alpha value is -2.61. The van der Waals surface area contributed by atoms with Crippen LogP contribution in [0, 0.1) is 11.8 Å². The van der Waals surface area contributed by atoms with Crippen LogP contribution in [-0.4, -0.2) is 5.91 Å². The zero-order valence-electron chi connectivity index (χ0n) is 13.7. The number of para-hydroxylation sites is 2. The molecule has 2 nitrogen and oxygen atoms in total. The fourth-order valence-electron chi connectivity index (χ4n) is 4.65. The first-order chi connectivity index (χ1) is 11.8. The number of hydrogen-bond donors (Lipinski definition) is 0. The third kappa shape index (κ3) is 1.74. The largest absolute Gasteiger partial charge is 0.280 e. The summed E-state index contributed by atoms with van der Waals surface area (Å²) < 4.78 is 0. The summed E-state index contributed by atoms with van der Waals surface area (Å²) in [5.41, 5.74) is 7.34. The molecule has 1 aliphatic heterocycles. The molecule has 2 bridgehead atoms. The fourth-order valence-corrected chi connectivity index (χ4v) is 4.65. The van der Waals surface area contributed by atoms with E-state index >= 15 is 0 Å². The Labute approximate surface area is 142 Å². The second-order valence-corrected chi connectivity index (χ2v) is 6.89. The Bertz CT molecular complexity index is 854. The molecule has 0 saturated heterocycles. The van der Waals surface area contributed by atoms with Crippen LogP contribution < -0.4 is 4.90 Å². The highest BCUT2D eigenvalue weighted by molar-refractivity contribution is 6.11. The van der Waals surface area contributed by atoms with Crippen molar-refractivity contribution in [3.05, 3.63) is 71.8 Å². The molecule has 0 N–H and O–H groups in total. The Kier molecular flexibility index (Phi) is 2.84. The molecule has 118 valence electrons. The van der Waals surface area contributed by atoms with E-state index in [-0.39, 0.29) is 5.91 Å². The van der Waals surface area contributed by atoms with Crippen molar-refractivity contribution >= 4 is 28.4 Å². The molecule has 0 saturated carbocycles. The smallest absolute Gasteiger partial charge is 0.228 e. The lowest BCUT2D eigenvalue weighted by molar-refractivity contribution is -0.115. The number of benzene rings is 2. The molecule has 2 heteroatoms. The number of hydrogen-bond acceptors (Lipinski definition) is 1. The predicted octanol–water partition coefficient (Wildman–Crippen LogP) is 5.19. The van der Waals surface area contributed by atoms with Gasteiger partial charge in [-0.05, 0) is 36.1 Å². The third-order valence-electron chi connectivity index (χ3n) is 5.58. The van der Waals surface area contributed by atoms with E-state index in [1.54, 1.807) is 6.92 Å². The maximum atomic E-state index is 12.6. The number of nitrogens with zero attached hydrogens (tertiary/aromatic N) is 1. The highest BCUT2D eigenvalue weighted by atomic mass is 16.2. The monoisotopic (exact) mass is 313 g/mol. The van der Waals surface area contributed by atoms with Gasteiger partial charge in [0.2, 0.25) is 5.91 Å². The maximum Gasteiger partial charge on any atom is 0.228 e. The van der Waals surface area contributed by atoms with Crippen molar-refractivity contribution in [2.45, 2.75) is 19.8 Å². The molecule has 1 heterocycles. The van der Waals surface area contributed by atoms with Gasteiger partial charge in [0.15, 0.2) is 0 Å². The second kappa shape index (κ2) is 4.94. The van der Waals surface area contributed by atoms with Crippen molar-refractivity contribution in [1.82, 2.24) is 0 Å².